The van der Waals surface area contributed by atoms with Gasteiger partial charge in [-0.05, 0) is 88.4 Å². The Morgan fingerprint density at radius 3 is 1.14 bits per heavy atom. The van der Waals surface area contributed by atoms with Crippen molar-refractivity contribution >= 4 is 91.7 Å². The number of nitrogens with two attached hydrogens (primary N) is 4. The Morgan fingerprint density at radius 2 is 0.724 bits per heavy atom. The number of hydrogen-bond acceptors (Lipinski definition) is 24. The maximum atomic E-state index is 13.9. The maximum Gasteiger partial charge on any atom is 0.247 e. The van der Waals surface area contributed by atoms with E-state index in [9.17, 15) is 22.0 Å². The first kappa shape index (κ1) is 60.8. The molecule has 4 aromatic carbocycles. The van der Waals surface area contributed by atoms with Crippen molar-refractivity contribution in [3.8, 4) is 68.5 Å². The zero-order chi connectivity index (χ0) is 61.9. The van der Waals surface area contributed by atoms with Crippen LogP contribution in [-0.4, -0.2) is 106 Å². The number of anilines is 4. The highest BCUT2D eigenvalue weighted by atomic mass is 35.5. The van der Waals surface area contributed by atoms with Gasteiger partial charge in [-0.3, -0.25) is 0 Å². The van der Waals surface area contributed by atoms with Gasteiger partial charge in [-0.15, -0.1) is 0 Å². The van der Waals surface area contributed by atoms with Gasteiger partial charge in [0.1, 0.15) is 17.5 Å². The largest absolute Gasteiger partial charge is 0.476 e. The fraction of sp³-hybridized carbons (Fsp3) is 0.143. The summed E-state index contributed by atoms with van der Waals surface area (Å²) in [7, 11) is 0. The minimum absolute atomic E-state index is 0.0185. The number of fused-ring (bicyclic) bond motifs is 4. The van der Waals surface area contributed by atoms with Crippen LogP contribution in [0.15, 0.2) is 104 Å². The van der Waals surface area contributed by atoms with Crippen LogP contribution in [0.1, 0.15) is 27.7 Å². The molecule has 12 rings (SSSR count). The molecule has 0 unspecified atom stereocenters. The van der Waals surface area contributed by atoms with Crippen LogP contribution in [-0.2, 0) is 0 Å². The van der Waals surface area contributed by atoms with Gasteiger partial charge < -0.3 is 41.9 Å². The van der Waals surface area contributed by atoms with Crippen molar-refractivity contribution in [1.29, 1.82) is 0 Å². The quantitative estimate of drug-likeness (QED) is 0.0826. The number of rotatable bonds is 12. The molecule has 8 heterocycles. The van der Waals surface area contributed by atoms with E-state index < -0.39 is 23.3 Å². The zero-order valence-electron chi connectivity index (χ0n) is 45.9. The van der Waals surface area contributed by atoms with Crippen LogP contribution in [0.5, 0.6) is 23.5 Å². The summed E-state index contributed by atoms with van der Waals surface area (Å²) in [6.07, 6.45) is 5.65. The fourth-order valence-corrected chi connectivity index (χ4v) is 8.37. The van der Waals surface area contributed by atoms with Gasteiger partial charge in [0, 0.05) is 26.7 Å². The van der Waals surface area contributed by atoms with E-state index in [0.717, 1.165) is 29.8 Å². The molecule has 0 aliphatic carbocycles. The summed E-state index contributed by atoms with van der Waals surface area (Å²) in [5.74, 6) is -2.73. The summed E-state index contributed by atoms with van der Waals surface area (Å²) in [5, 5.41) is 1.03. The average molecular weight is 1230 g/mol. The molecule has 442 valence electrons. The number of nitrogens with zero attached hydrogens (tertiary/aromatic N) is 16. The van der Waals surface area contributed by atoms with Crippen molar-refractivity contribution in [2.45, 2.75) is 27.7 Å². The molecule has 0 aliphatic heterocycles. The third-order valence-corrected chi connectivity index (χ3v) is 11.9. The predicted molar refractivity (Wildman–Crippen MR) is 314 cm³/mol. The predicted octanol–water partition coefficient (Wildman–Crippen LogP) is 10.3. The summed E-state index contributed by atoms with van der Waals surface area (Å²) in [5.41, 5.74) is 27.4. The van der Waals surface area contributed by atoms with Crippen molar-refractivity contribution in [1.82, 2.24) is 79.7 Å². The second-order valence-electron chi connectivity index (χ2n) is 17.4. The normalized spacial score (nSPS) is 10.8. The average Bonchev–Trinajstić information content (AvgIpc) is 2.97. The Balaban J connectivity index is 0.000000138. The summed E-state index contributed by atoms with van der Waals surface area (Å²) in [6.45, 7) is 8.73. The topological polar surface area (TPSA) is 347 Å². The summed E-state index contributed by atoms with van der Waals surface area (Å²) < 4.78 is 89.5. The number of halogens is 7. The summed E-state index contributed by atoms with van der Waals surface area (Å²) >= 11 is 12.0. The Labute approximate surface area is 498 Å². The molecule has 0 saturated heterocycles. The monoisotopic (exact) mass is 1230 g/mol. The summed E-state index contributed by atoms with van der Waals surface area (Å²) in [4.78, 5) is 65.8. The first-order chi connectivity index (χ1) is 41.9. The van der Waals surface area contributed by atoms with Crippen molar-refractivity contribution in [3.63, 3.8) is 0 Å². The number of nitrogen functional groups attached to an aromatic ring is 4. The molecule has 87 heavy (non-hydrogen) atoms. The van der Waals surface area contributed by atoms with Crippen molar-refractivity contribution < 1.29 is 40.9 Å². The van der Waals surface area contributed by atoms with Crippen molar-refractivity contribution in [3.05, 3.63) is 143 Å². The third-order valence-electron chi connectivity index (χ3n) is 11.4. The van der Waals surface area contributed by atoms with Crippen LogP contribution >= 0.6 is 23.2 Å². The summed E-state index contributed by atoms with van der Waals surface area (Å²) in [6, 6.07) is 18.5. The molecule has 0 saturated carbocycles. The molecule has 31 heteroatoms. The smallest absolute Gasteiger partial charge is 0.247 e. The van der Waals surface area contributed by atoms with Crippen molar-refractivity contribution in [2.24, 2.45) is 0 Å². The molecular weight excluding hydrogens is 1180 g/mol. The van der Waals surface area contributed by atoms with E-state index in [1.165, 1.54) is 36.8 Å². The highest BCUT2D eigenvalue weighted by molar-refractivity contribution is 6.35. The van der Waals surface area contributed by atoms with E-state index in [-0.39, 0.29) is 75.3 Å². The molecule has 12 aromatic rings. The van der Waals surface area contributed by atoms with E-state index in [4.69, 9.17) is 65.1 Å². The molecule has 0 aliphatic rings. The van der Waals surface area contributed by atoms with Crippen LogP contribution in [0, 0.1) is 29.1 Å². The second kappa shape index (κ2) is 27.3. The van der Waals surface area contributed by atoms with Crippen LogP contribution in [0.4, 0.5) is 45.7 Å². The molecule has 8 N–H and O–H groups in total. The molecule has 0 bridgehead atoms. The Kier molecular flexibility index (Phi) is 19.0. The van der Waals surface area contributed by atoms with Crippen LogP contribution in [0.3, 0.4) is 0 Å². The van der Waals surface area contributed by atoms with E-state index in [1.807, 2.05) is 13.8 Å². The molecule has 0 fully saturated rings. The van der Waals surface area contributed by atoms with Crippen LogP contribution in [0.25, 0.3) is 89.7 Å². The molecular formula is C56H45Cl2F5N20O4. The lowest BCUT2D eigenvalue weighted by atomic mass is 10.1. The van der Waals surface area contributed by atoms with Crippen molar-refractivity contribution in [2.75, 3.05) is 49.4 Å². The van der Waals surface area contributed by atoms with Gasteiger partial charge >= 0.3 is 0 Å². The highest BCUT2D eigenvalue weighted by Crippen LogP contribution is 2.32. The first-order valence-electron chi connectivity index (χ1n) is 25.8. The molecule has 0 radical (unpaired) electrons. The minimum Gasteiger partial charge on any atom is -0.476 e. The van der Waals surface area contributed by atoms with Gasteiger partial charge in [0.25, 0.3) is 0 Å². The van der Waals surface area contributed by atoms with E-state index in [1.54, 1.807) is 56.4 Å². The number of aromatic nitrogens is 16. The van der Waals surface area contributed by atoms with E-state index in [0.29, 0.717) is 98.4 Å². The van der Waals surface area contributed by atoms with Gasteiger partial charge in [-0.25, -0.2) is 61.8 Å². The lowest BCUT2D eigenvalue weighted by Crippen LogP contribution is -2.04. The van der Waals surface area contributed by atoms with Gasteiger partial charge in [-0.1, -0.05) is 41.4 Å². The zero-order valence-corrected chi connectivity index (χ0v) is 47.4. The number of benzene rings is 4. The molecule has 0 spiro atoms. The first-order valence-corrected chi connectivity index (χ1v) is 26.5. The molecule has 8 aromatic heterocycles. The lowest BCUT2D eigenvalue weighted by molar-refractivity contribution is 0.330. The van der Waals surface area contributed by atoms with Gasteiger partial charge in [-0.2, -0.15) is 39.9 Å². The van der Waals surface area contributed by atoms with Crippen LogP contribution in [0.2, 0.25) is 10.0 Å². The Bertz CT molecular complexity index is 4470. The van der Waals surface area contributed by atoms with E-state index >= 15 is 0 Å². The van der Waals surface area contributed by atoms with Gasteiger partial charge in [0.15, 0.2) is 56.3 Å². The fourth-order valence-electron chi connectivity index (χ4n) is 7.84. The molecule has 24 nitrogen and oxygen atoms in total. The Hall–Kier alpha value is -10.8. The Morgan fingerprint density at radius 1 is 0.356 bits per heavy atom. The van der Waals surface area contributed by atoms with Gasteiger partial charge in [0.2, 0.25) is 47.3 Å². The van der Waals surface area contributed by atoms with Gasteiger partial charge in [0.05, 0.1) is 79.6 Å². The lowest BCUT2D eigenvalue weighted by Gasteiger charge is -2.08. The number of hydrogen-bond donors (Lipinski definition) is 4. The third kappa shape index (κ3) is 14.4. The maximum absolute atomic E-state index is 13.9. The number of ether oxygens (including phenoxy) is 4. The minimum atomic E-state index is -0.960. The second-order valence-corrected chi connectivity index (χ2v) is 18.2. The molecule has 0 atom stereocenters. The van der Waals surface area contributed by atoms with Crippen LogP contribution < -0.4 is 41.9 Å². The standard InChI is InChI=1S/C14H11Cl2N5O.2C14H11F2N5O.C14H12FN5O/c1-2-22-13-11-12(20-14(17)21-13)18-6-10(19-11)7-3-8(15)5-9(16)4-7;1-2-22-13-11-12(20-14(17)21-13)18-6-10(19-11)7-3-4-8(15)9(16)5-7;1-2-22-13-11-12(20-14(17)21-13)18-6-9(19-11)10-7(15)4-3-5-8(10)16;1-2-21-13-11-12(19-14(16)20-13)17-7-10(18-11)8-5-3-4-6-9(8)15/h3*3-6H,2H2,1H3,(H2,17,18,20,21);3-7H,2H2,1H3,(H2,16,17,19,20). The highest BCUT2D eigenvalue weighted by Gasteiger charge is 2.19. The van der Waals surface area contributed by atoms with E-state index in [2.05, 4.69) is 79.7 Å². The SMILES string of the molecule is CCOc1nc(N)nc2ncc(-c3c(F)cccc3F)nc12.CCOc1nc(N)nc2ncc(-c3cc(Cl)cc(Cl)c3)nc12.CCOc1nc(N)nc2ncc(-c3ccc(F)c(F)c3)nc12.CCOc1nc(N)nc2ncc(-c3ccccc3F)nc12. The molecule has 0 amide bonds.